The van der Waals surface area contributed by atoms with Gasteiger partial charge < -0.3 is 15.7 Å². The zero-order valence-corrected chi connectivity index (χ0v) is 21.0. The van der Waals surface area contributed by atoms with Crippen LogP contribution in [0.3, 0.4) is 0 Å². The second-order valence-corrected chi connectivity index (χ2v) is 6.47. The Kier molecular flexibility index (Phi) is 9.64. The van der Waals surface area contributed by atoms with E-state index in [4.69, 9.17) is 7.01 Å². The summed E-state index contributed by atoms with van der Waals surface area (Å²) >= 11 is 0. The number of nitrogens with two attached hydrogens (primary N) is 1. The first kappa shape index (κ1) is 23.1. The van der Waals surface area contributed by atoms with Crippen LogP contribution in [0.5, 0.6) is 5.75 Å². The first-order chi connectivity index (χ1) is 13.5. The minimum absolute atomic E-state index is 0. The van der Waals surface area contributed by atoms with Crippen molar-refractivity contribution >= 4 is 20.7 Å². The van der Waals surface area contributed by atoms with E-state index >= 15 is 0 Å². The Hall–Kier alpha value is -1.22. The quantitative estimate of drug-likeness (QED) is 0.536. The Morgan fingerprint density at radius 1 is 1.18 bits per heavy atom. The van der Waals surface area contributed by atoms with Crippen LogP contribution < -0.4 is 10.6 Å². The Morgan fingerprint density at radius 2 is 1.75 bits per heavy atom. The van der Waals surface area contributed by atoms with Gasteiger partial charge >= 0.3 is 0 Å². The summed E-state index contributed by atoms with van der Waals surface area (Å²) in [6.45, 7) is 7.74. The molecule has 0 radical (unpaired) electrons. The molecule has 0 amide bonds. The number of hydrogen-bond donors (Lipinski definition) is 2. The number of rotatable bonds is 2. The van der Waals surface area contributed by atoms with Crippen molar-refractivity contribution in [2.75, 3.05) is 37.4 Å². The minimum atomic E-state index is 0. The summed E-state index contributed by atoms with van der Waals surface area (Å²) in [7, 11) is 2.54. The number of phenols is 1. The van der Waals surface area contributed by atoms with Crippen molar-refractivity contribution in [1.82, 2.24) is 15.1 Å². The molecule has 0 aliphatic carbocycles. The molecule has 3 atom stereocenters. The standard InChI is InChI=1S/C17H21N5O.C2H6.CH5P.W/c1-21-11-6-7-12(21)10-22(9-11)15-8-14(19-20-17(15)18)13-4-2-3-5-16(13)23;2*1-2;/h2-5,8,11-12,23H,6-7,9-10H2,1H3,(H2,18,20);1-2H3;2H2,1H3;/i;;2T;. The molecular formula is C20H32N5OPW. The third kappa shape index (κ3) is 5.23. The molecule has 8 heteroatoms. The summed E-state index contributed by atoms with van der Waals surface area (Å²) in [5, 5.41) is 18.3. The third-order valence-corrected chi connectivity index (χ3v) is 5.17. The number of fused-ring (bicyclic) bond motifs is 2. The fourth-order valence-electron chi connectivity index (χ4n) is 3.78. The van der Waals surface area contributed by atoms with Gasteiger partial charge in [-0.3, -0.25) is 4.90 Å². The monoisotopic (exact) mass is 575 g/mol. The summed E-state index contributed by atoms with van der Waals surface area (Å²) in [5.41, 5.74) is 8.34. The van der Waals surface area contributed by atoms with E-state index in [1.54, 1.807) is 12.1 Å². The number of anilines is 2. The summed E-state index contributed by atoms with van der Waals surface area (Å²) in [6, 6.07) is 10.3. The van der Waals surface area contributed by atoms with Gasteiger partial charge in [0, 0.05) is 51.8 Å². The molecule has 0 saturated carbocycles. The largest absolute Gasteiger partial charge is 0.507 e. The molecule has 4 rings (SSSR count). The van der Waals surface area contributed by atoms with Crippen LogP contribution in [0, 0.1) is 0 Å². The zero-order chi connectivity index (χ0) is 20.7. The van der Waals surface area contributed by atoms with Gasteiger partial charge in [0.05, 0.1) is 12.7 Å². The van der Waals surface area contributed by atoms with Crippen LogP contribution in [-0.4, -0.2) is 60.4 Å². The number of benzene rings is 1. The fourth-order valence-corrected chi connectivity index (χ4v) is 3.78. The summed E-state index contributed by atoms with van der Waals surface area (Å²) in [6.07, 6.45) is 2.48. The molecule has 2 aromatic rings. The maximum atomic E-state index is 10.0. The third-order valence-electron chi connectivity index (χ3n) is 5.17. The summed E-state index contributed by atoms with van der Waals surface area (Å²) in [4.78, 5) is 4.79. The van der Waals surface area contributed by atoms with Crippen molar-refractivity contribution in [1.29, 1.82) is 1.28 Å². The minimum Gasteiger partial charge on any atom is -0.507 e. The van der Waals surface area contributed by atoms with E-state index in [2.05, 4.69) is 27.0 Å². The van der Waals surface area contributed by atoms with E-state index in [9.17, 15) is 5.11 Å². The van der Waals surface area contributed by atoms with Gasteiger partial charge in [0.15, 0.2) is 5.82 Å². The zero-order valence-electron chi connectivity index (χ0n) is 18.1. The summed E-state index contributed by atoms with van der Waals surface area (Å²) in [5.74, 6) is 0.657. The topological polar surface area (TPSA) is 78.5 Å². The molecule has 0 spiro atoms. The van der Waals surface area contributed by atoms with Crippen LogP contribution in [0.1, 0.15) is 26.7 Å². The van der Waals surface area contributed by atoms with Crippen molar-refractivity contribution in [3.8, 4) is 17.0 Å². The van der Waals surface area contributed by atoms with E-state index < -0.39 is 0 Å². The number of phenolic OH excluding ortho intramolecular Hbond substituents is 1. The molecule has 2 saturated heterocycles. The SMILES string of the molecule is CC.CN1C2CCC1CN(c1cc(-c3ccccc3O)nnc1N)C2.[3H]PC.[W]. The Labute approximate surface area is 186 Å². The van der Waals surface area contributed by atoms with Crippen LogP contribution in [-0.2, 0) is 21.1 Å². The number of piperazine rings is 1. The molecule has 2 aliphatic rings. The molecule has 154 valence electrons. The second kappa shape index (κ2) is 11.7. The Morgan fingerprint density at radius 3 is 2.32 bits per heavy atom. The fraction of sp³-hybridized carbons (Fsp3) is 0.500. The van der Waals surface area contributed by atoms with Gasteiger partial charge in [0.2, 0.25) is 0 Å². The van der Waals surface area contributed by atoms with Crippen molar-refractivity contribution < 1.29 is 26.2 Å². The van der Waals surface area contributed by atoms with Crippen molar-refractivity contribution in [3.63, 3.8) is 0 Å². The van der Waals surface area contributed by atoms with Crippen LogP contribution in [0.2, 0.25) is 0 Å². The average molecular weight is 575 g/mol. The van der Waals surface area contributed by atoms with E-state index in [-0.39, 0.29) is 26.8 Å². The molecule has 1 aromatic heterocycles. The molecular weight excluding hydrogens is 541 g/mol. The first-order valence-electron chi connectivity index (χ1n) is 10.0. The van der Waals surface area contributed by atoms with Crippen LogP contribution in [0.4, 0.5) is 11.5 Å². The molecule has 2 bridgehead atoms. The van der Waals surface area contributed by atoms with Crippen LogP contribution >= 0.6 is 9.18 Å². The molecule has 2 fully saturated rings. The second-order valence-electron chi connectivity index (χ2n) is 6.47. The predicted molar refractivity (Wildman–Crippen MR) is 117 cm³/mol. The maximum Gasteiger partial charge on any atom is 0.169 e. The van der Waals surface area contributed by atoms with Crippen molar-refractivity contribution in [2.45, 2.75) is 38.8 Å². The molecule has 3 unspecified atom stereocenters. The summed E-state index contributed by atoms with van der Waals surface area (Å²) < 4.78 is 6.24. The molecule has 3 N–H and O–H groups in total. The Bertz CT molecular complexity index is 755. The van der Waals surface area contributed by atoms with E-state index in [0.29, 0.717) is 38.3 Å². The molecule has 1 aromatic carbocycles. The Balaban J connectivity index is 0.000000645. The predicted octanol–water partition coefficient (Wildman–Crippen LogP) is 3.23. The number of para-hydroxylation sites is 1. The van der Waals surface area contributed by atoms with Gasteiger partial charge in [-0.05, 0) is 38.1 Å². The maximum absolute atomic E-state index is 10.0. The van der Waals surface area contributed by atoms with Gasteiger partial charge in [-0.25, -0.2) is 0 Å². The first-order valence-corrected chi connectivity index (χ1v) is 10.5. The van der Waals surface area contributed by atoms with E-state index in [1.807, 2.05) is 38.7 Å². The van der Waals surface area contributed by atoms with E-state index in [0.717, 1.165) is 18.8 Å². The van der Waals surface area contributed by atoms with Gasteiger partial charge in [0.25, 0.3) is 0 Å². The van der Waals surface area contributed by atoms with E-state index in [1.165, 1.54) is 12.8 Å². The van der Waals surface area contributed by atoms with Gasteiger partial charge in [-0.2, -0.15) is 0 Å². The van der Waals surface area contributed by atoms with Gasteiger partial charge in [-0.15, -0.1) is 19.4 Å². The number of nitrogen functional groups attached to an aromatic ring is 1. The van der Waals surface area contributed by atoms with Crippen LogP contribution in [0.25, 0.3) is 11.3 Å². The van der Waals surface area contributed by atoms with Gasteiger partial charge in [-0.1, -0.05) is 32.6 Å². The molecule has 2 aliphatic heterocycles. The normalized spacial score (nSPS) is 21.1. The van der Waals surface area contributed by atoms with Gasteiger partial charge in [0.1, 0.15) is 5.75 Å². The average Bonchev–Trinajstić information content (AvgIpc) is 2.92. The number of aromatic nitrogens is 2. The van der Waals surface area contributed by atoms with Crippen molar-refractivity contribution in [3.05, 3.63) is 30.3 Å². The van der Waals surface area contributed by atoms with Crippen molar-refractivity contribution in [2.24, 2.45) is 0 Å². The number of hydrogen-bond acceptors (Lipinski definition) is 6. The molecule has 28 heavy (non-hydrogen) atoms. The number of likely N-dealkylation sites (N-methyl/N-ethyl adjacent to an activating group) is 1. The number of aromatic hydroxyl groups is 1. The number of nitrogens with zero attached hydrogens (tertiary/aromatic N) is 4. The van der Waals surface area contributed by atoms with Crippen LogP contribution in [0.15, 0.2) is 30.3 Å². The molecule has 6 nitrogen and oxygen atoms in total. The molecule has 3 heterocycles. The smallest absolute Gasteiger partial charge is 0.169 e.